The summed E-state index contributed by atoms with van der Waals surface area (Å²) >= 11 is 5.96. The largest absolute Gasteiger partial charge is 0.456 e. The van der Waals surface area contributed by atoms with Crippen LogP contribution >= 0.6 is 11.6 Å². The molecule has 0 N–H and O–H groups in total. The lowest BCUT2D eigenvalue weighted by molar-refractivity contribution is -0.145. The third kappa shape index (κ3) is 4.54. The molecule has 0 aliphatic carbocycles. The monoisotopic (exact) mass is 372 g/mol. The molecule has 136 valence electrons. The van der Waals surface area contributed by atoms with Crippen molar-refractivity contribution < 1.29 is 14.3 Å². The molecule has 2 rings (SSSR count). The number of nitrogens with zero attached hydrogens (tertiary/aromatic N) is 2. The normalized spacial score (nSPS) is 12.5. The van der Waals surface area contributed by atoms with E-state index in [4.69, 9.17) is 21.1 Å². The lowest BCUT2D eigenvalue weighted by Crippen LogP contribution is -2.20. The maximum Gasteiger partial charge on any atom is 0.349 e. The van der Waals surface area contributed by atoms with Crippen LogP contribution in [0.2, 0.25) is 5.02 Å². The van der Waals surface area contributed by atoms with Crippen molar-refractivity contribution in [2.45, 2.75) is 26.9 Å². The number of carbonyl (C=O) groups is 1. The number of hydrogen-bond acceptors (Lipinski definition) is 4. The Morgan fingerprint density at radius 2 is 2.00 bits per heavy atom. The molecule has 0 radical (unpaired) electrons. The van der Waals surface area contributed by atoms with Gasteiger partial charge in [0.2, 0.25) is 0 Å². The molecule has 6 heteroatoms. The number of aryl methyl sites for hydroxylation is 1. The topological polar surface area (TPSA) is 64.2 Å². The smallest absolute Gasteiger partial charge is 0.349 e. The van der Waals surface area contributed by atoms with E-state index in [1.807, 2.05) is 54.8 Å². The zero-order chi connectivity index (χ0) is 19.3. The first-order valence-electron chi connectivity index (χ1n) is 8.14. The van der Waals surface area contributed by atoms with E-state index >= 15 is 0 Å². The molecule has 0 bridgehead atoms. The van der Waals surface area contributed by atoms with Crippen LogP contribution in [0.3, 0.4) is 0 Å². The molecule has 1 aromatic carbocycles. The number of benzene rings is 1. The average molecular weight is 373 g/mol. The molecule has 0 unspecified atom stereocenters. The molecule has 0 saturated carbocycles. The second-order valence-electron chi connectivity index (χ2n) is 5.98. The molecule has 0 spiro atoms. The van der Waals surface area contributed by atoms with Crippen LogP contribution in [-0.2, 0) is 14.3 Å². The predicted octanol–water partition coefficient (Wildman–Crippen LogP) is 4.23. The van der Waals surface area contributed by atoms with Crippen molar-refractivity contribution >= 4 is 23.6 Å². The summed E-state index contributed by atoms with van der Waals surface area (Å²) in [7, 11) is 1.52. The van der Waals surface area contributed by atoms with E-state index in [1.165, 1.54) is 7.11 Å². The van der Waals surface area contributed by atoms with Crippen LogP contribution in [0, 0.1) is 25.2 Å². The van der Waals surface area contributed by atoms with E-state index in [0.717, 1.165) is 22.6 Å². The minimum absolute atomic E-state index is 0.0516. The van der Waals surface area contributed by atoms with Gasteiger partial charge in [-0.3, -0.25) is 0 Å². The number of ether oxygens (including phenoxy) is 2. The van der Waals surface area contributed by atoms with E-state index in [-0.39, 0.29) is 12.2 Å². The van der Waals surface area contributed by atoms with Gasteiger partial charge in [-0.25, -0.2) is 4.79 Å². The SMILES string of the molecule is COC[C@H](C)OC(=O)/C(C#N)=C/c1cc(C)n(-c2ccc(Cl)cc2)c1C. The number of halogens is 1. The Balaban J connectivity index is 2.35. The molecular formula is C20H21ClN2O3. The first-order valence-corrected chi connectivity index (χ1v) is 8.51. The summed E-state index contributed by atoms with van der Waals surface area (Å²) in [5.41, 5.74) is 3.58. The Kier molecular flexibility index (Phi) is 6.62. The first-order chi connectivity index (χ1) is 12.4. The van der Waals surface area contributed by atoms with Crippen molar-refractivity contribution in [3.63, 3.8) is 0 Å². The third-order valence-electron chi connectivity index (χ3n) is 3.90. The summed E-state index contributed by atoms with van der Waals surface area (Å²) in [5.74, 6) is -0.659. The molecule has 1 aromatic heterocycles. The molecule has 0 amide bonds. The second-order valence-corrected chi connectivity index (χ2v) is 6.42. The zero-order valence-electron chi connectivity index (χ0n) is 15.2. The van der Waals surface area contributed by atoms with Gasteiger partial charge >= 0.3 is 5.97 Å². The average Bonchev–Trinajstić information content (AvgIpc) is 2.87. The van der Waals surface area contributed by atoms with Gasteiger partial charge in [0.1, 0.15) is 17.7 Å². The highest BCUT2D eigenvalue weighted by atomic mass is 35.5. The number of esters is 1. The minimum Gasteiger partial charge on any atom is -0.456 e. The van der Waals surface area contributed by atoms with Crippen LogP contribution in [-0.4, -0.2) is 30.4 Å². The Labute approximate surface area is 158 Å². The summed E-state index contributed by atoms with van der Waals surface area (Å²) in [4.78, 5) is 12.2. The zero-order valence-corrected chi connectivity index (χ0v) is 16.0. The van der Waals surface area contributed by atoms with Crippen molar-refractivity contribution in [1.29, 1.82) is 5.26 Å². The van der Waals surface area contributed by atoms with Gasteiger partial charge in [-0.2, -0.15) is 5.26 Å². The number of hydrogen-bond donors (Lipinski definition) is 0. The summed E-state index contributed by atoms with van der Waals surface area (Å²) in [6.45, 7) is 5.88. The van der Waals surface area contributed by atoms with Crippen LogP contribution in [0.15, 0.2) is 35.9 Å². The van der Waals surface area contributed by atoms with Crippen LogP contribution in [0.5, 0.6) is 0 Å². The molecule has 1 heterocycles. The molecule has 0 saturated heterocycles. The number of carbonyl (C=O) groups excluding carboxylic acids is 1. The van der Waals surface area contributed by atoms with Crippen LogP contribution in [0.25, 0.3) is 11.8 Å². The Hall–Kier alpha value is -2.55. The van der Waals surface area contributed by atoms with Crippen molar-refractivity contribution in [3.8, 4) is 11.8 Å². The summed E-state index contributed by atoms with van der Waals surface area (Å²) in [6.07, 6.45) is 1.13. The lowest BCUT2D eigenvalue weighted by Gasteiger charge is -2.11. The highest BCUT2D eigenvalue weighted by molar-refractivity contribution is 6.30. The van der Waals surface area contributed by atoms with Gasteiger partial charge in [0.05, 0.1) is 6.61 Å². The van der Waals surface area contributed by atoms with Gasteiger partial charge in [0, 0.05) is 29.2 Å². The molecule has 1 atom stereocenters. The maximum atomic E-state index is 12.2. The van der Waals surface area contributed by atoms with Gasteiger partial charge in [-0.1, -0.05) is 11.6 Å². The maximum absolute atomic E-state index is 12.2. The number of rotatable bonds is 6. The summed E-state index contributed by atoms with van der Waals surface area (Å²) < 4.78 is 12.2. The van der Waals surface area contributed by atoms with Crippen molar-refractivity contribution in [2.24, 2.45) is 0 Å². The van der Waals surface area contributed by atoms with Gasteiger partial charge in [0.25, 0.3) is 0 Å². The molecule has 5 nitrogen and oxygen atoms in total. The predicted molar refractivity (Wildman–Crippen MR) is 101 cm³/mol. The summed E-state index contributed by atoms with van der Waals surface area (Å²) in [5, 5.41) is 10.0. The third-order valence-corrected chi connectivity index (χ3v) is 4.16. The second kappa shape index (κ2) is 8.70. The van der Waals surface area contributed by atoms with Gasteiger partial charge in [-0.15, -0.1) is 0 Å². The van der Waals surface area contributed by atoms with Gasteiger partial charge in [0.15, 0.2) is 0 Å². The van der Waals surface area contributed by atoms with Crippen LogP contribution in [0.1, 0.15) is 23.9 Å². The number of aromatic nitrogens is 1. The molecule has 2 aromatic rings. The number of nitriles is 1. The first kappa shape index (κ1) is 19.8. The molecular weight excluding hydrogens is 352 g/mol. The Bertz CT molecular complexity index is 860. The Morgan fingerprint density at radius 3 is 2.58 bits per heavy atom. The standard InChI is InChI=1S/C20H21ClN2O3/c1-13-9-16(10-17(11-22)20(24)26-14(2)12-25-4)15(3)23(13)19-7-5-18(21)6-8-19/h5-10,14H,12H2,1-4H3/b17-10+/t14-/m0/s1. The summed E-state index contributed by atoms with van der Waals surface area (Å²) in [6, 6.07) is 11.3. The lowest BCUT2D eigenvalue weighted by atomic mass is 10.1. The van der Waals surface area contributed by atoms with Crippen LogP contribution < -0.4 is 0 Å². The minimum atomic E-state index is -0.659. The van der Waals surface area contributed by atoms with E-state index < -0.39 is 12.1 Å². The van der Waals surface area contributed by atoms with Crippen molar-refractivity contribution in [3.05, 3.63) is 57.9 Å². The Morgan fingerprint density at radius 1 is 1.35 bits per heavy atom. The van der Waals surface area contributed by atoms with Gasteiger partial charge in [-0.05, 0) is 62.7 Å². The van der Waals surface area contributed by atoms with Crippen LogP contribution in [0.4, 0.5) is 0 Å². The van der Waals surface area contributed by atoms with Crippen molar-refractivity contribution in [2.75, 3.05) is 13.7 Å². The fraction of sp³-hybridized carbons (Fsp3) is 0.300. The van der Waals surface area contributed by atoms with Gasteiger partial charge < -0.3 is 14.0 Å². The van der Waals surface area contributed by atoms with E-state index in [9.17, 15) is 10.1 Å². The number of methoxy groups -OCH3 is 1. The fourth-order valence-corrected chi connectivity index (χ4v) is 2.85. The highest BCUT2D eigenvalue weighted by Gasteiger charge is 2.17. The molecule has 26 heavy (non-hydrogen) atoms. The fourth-order valence-electron chi connectivity index (χ4n) is 2.73. The molecule has 0 fully saturated rings. The highest BCUT2D eigenvalue weighted by Crippen LogP contribution is 2.24. The van der Waals surface area contributed by atoms with E-state index in [1.54, 1.807) is 13.0 Å². The molecule has 0 aliphatic rings. The van der Waals surface area contributed by atoms with E-state index in [0.29, 0.717) is 5.02 Å². The van der Waals surface area contributed by atoms with E-state index in [2.05, 4.69) is 0 Å². The molecule has 0 aliphatic heterocycles. The van der Waals surface area contributed by atoms with Crippen molar-refractivity contribution in [1.82, 2.24) is 4.57 Å². The quantitative estimate of drug-likeness (QED) is 0.432.